The maximum atomic E-state index is 12.4. The summed E-state index contributed by atoms with van der Waals surface area (Å²) in [6.07, 6.45) is -0.297. The summed E-state index contributed by atoms with van der Waals surface area (Å²) in [7, 11) is 3.22. The highest BCUT2D eigenvalue weighted by Gasteiger charge is 2.17. The van der Waals surface area contributed by atoms with Gasteiger partial charge in [0.05, 0.1) is 18.8 Å². The fourth-order valence-corrected chi connectivity index (χ4v) is 2.98. The highest BCUT2D eigenvalue weighted by molar-refractivity contribution is 7.00. The zero-order valence-corrected chi connectivity index (χ0v) is 14.2. The molecule has 0 spiro atoms. The first-order valence-electron chi connectivity index (χ1n) is 7.39. The zero-order valence-electron chi connectivity index (χ0n) is 13.4. The Balaban J connectivity index is 1.71. The number of methoxy groups -OCH3 is 2. The molecule has 124 valence electrons. The molecule has 1 amide bonds. The number of hydrogen-bond donors (Lipinski definition) is 1. The molecule has 1 N–H and O–H groups in total. The van der Waals surface area contributed by atoms with E-state index in [0.29, 0.717) is 12.1 Å². The number of ether oxygens (including phenoxy) is 2. The summed E-state index contributed by atoms with van der Waals surface area (Å²) in [5, 5.41) is 2.89. The van der Waals surface area contributed by atoms with Crippen LogP contribution in [0.25, 0.3) is 11.0 Å². The second-order valence-corrected chi connectivity index (χ2v) is 5.67. The molecular formula is C17H17N3O3S. The molecule has 3 aromatic rings. The number of amides is 1. The molecule has 1 heterocycles. The third kappa shape index (κ3) is 3.37. The van der Waals surface area contributed by atoms with Crippen molar-refractivity contribution >= 4 is 28.7 Å². The number of nitrogens with zero attached hydrogens (tertiary/aromatic N) is 2. The minimum Gasteiger partial charge on any atom is -0.496 e. The first-order chi connectivity index (χ1) is 11.7. The Morgan fingerprint density at radius 3 is 2.75 bits per heavy atom. The Labute approximate surface area is 143 Å². The number of nitrogens with one attached hydrogen (secondary N) is 1. The lowest BCUT2D eigenvalue weighted by molar-refractivity contribution is 0.0819. The van der Waals surface area contributed by atoms with Crippen LogP contribution >= 0.6 is 11.7 Å². The molecule has 0 saturated heterocycles. The average molecular weight is 343 g/mol. The number of carbonyl (C=O) groups is 1. The molecule has 1 atom stereocenters. The molecule has 0 aliphatic rings. The lowest BCUT2D eigenvalue weighted by Crippen LogP contribution is -2.29. The van der Waals surface area contributed by atoms with E-state index in [-0.39, 0.29) is 12.0 Å². The van der Waals surface area contributed by atoms with Crippen LogP contribution < -0.4 is 10.1 Å². The SMILES string of the molecule is COc1ccccc1[C@@H](CNC(=O)c1ccc2nsnc2c1)OC. The molecular weight excluding hydrogens is 326 g/mol. The lowest BCUT2D eigenvalue weighted by atomic mass is 10.1. The van der Waals surface area contributed by atoms with Crippen molar-refractivity contribution in [3.63, 3.8) is 0 Å². The molecule has 0 aliphatic carbocycles. The summed E-state index contributed by atoms with van der Waals surface area (Å²) < 4.78 is 19.1. The standard InChI is InChI=1S/C17H17N3O3S/c1-22-15-6-4-3-5-12(15)16(23-2)10-18-17(21)11-7-8-13-14(9-11)20-24-19-13/h3-9,16H,10H2,1-2H3,(H,18,21)/t16-/m1/s1. The summed E-state index contributed by atoms with van der Waals surface area (Å²) in [6.45, 7) is 0.336. The lowest BCUT2D eigenvalue weighted by Gasteiger charge is -2.19. The zero-order chi connectivity index (χ0) is 16.9. The van der Waals surface area contributed by atoms with Crippen molar-refractivity contribution in [2.75, 3.05) is 20.8 Å². The highest BCUT2D eigenvalue weighted by Crippen LogP contribution is 2.26. The van der Waals surface area contributed by atoms with Crippen molar-refractivity contribution in [2.24, 2.45) is 0 Å². The minimum absolute atomic E-state index is 0.179. The van der Waals surface area contributed by atoms with E-state index in [2.05, 4.69) is 14.1 Å². The second kappa shape index (κ2) is 7.37. The fraction of sp³-hybridized carbons (Fsp3) is 0.235. The summed E-state index contributed by atoms with van der Waals surface area (Å²) >= 11 is 1.13. The predicted molar refractivity (Wildman–Crippen MR) is 92.5 cm³/mol. The molecule has 0 saturated carbocycles. The topological polar surface area (TPSA) is 73.3 Å². The van der Waals surface area contributed by atoms with Gasteiger partial charge in [0.2, 0.25) is 0 Å². The molecule has 0 radical (unpaired) electrons. The van der Waals surface area contributed by atoms with Crippen molar-refractivity contribution in [3.05, 3.63) is 53.6 Å². The maximum absolute atomic E-state index is 12.4. The van der Waals surface area contributed by atoms with Gasteiger partial charge in [-0.2, -0.15) is 8.75 Å². The van der Waals surface area contributed by atoms with Crippen LogP contribution in [0.3, 0.4) is 0 Å². The van der Waals surface area contributed by atoms with Gasteiger partial charge in [0.1, 0.15) is 22.9 Å². The Kier molecular flexibility index (Phi) is 5.02. The molecule has 0 fully saturated rings. The molecule has 3 rings (SSSR count). The van der Waals surface area contributed by atoms with Crippen LogP contribution in [-0.4, -0.2) is 35.4 Å². The summed E-state index contributed by atoms with van der Waals surface area (Å²) in [6, 6.07) is 12.9. The summed E-state index contributed by atoms with van der Waals surface area (Å²) in [5.41, 5.74) is 2.95. The Morgan fingerprint density at radius 2 is 1.96 bits per heavy atom. The van der Waals surface area contributed by atoms with Crippen molar-refractivity contribution < 1.29 is 14.3 Å². The molecule has 6 nitrogen and oxygen atoms in total. The van der Waals surface area contributed by atoms with Crippen LogP contribution in [0.5, 0.6) is 5.75 Å². The van der Waals surface area contributed by atoms with Gasteiger partial charge in [0.25, 0.3) is 5.91 Å². The van der Waals surface area contributed by atoms with E-state index in [1.165, 1.54) is 0 Å². The van der Waals surface area contributed by atoms with E-state index in [9.17, 15) is 4.79 Å². The number of hydrogen-bond acceptors (Lipinski definition) is 6. The van der Waals surface area contributed by atoms with E-state index < -0.39 is 0 Å². The number of carbonyl (C=O) groups excluding carboxylic acids is 1. The Bertz CT molecular complexity index is 850. The van der Waals surface area contributed by atoms with Crippen LogP contribution in [0.15, 0.2) is 42.5 Å². The quantitative estimate of drug-likeness (QED) is 0.745. The Hall–Kier alpha value is -2.51. The highest BCUT2D eigenvalue weighted by atomic mass is 32.1. The molecule has 0 aliphatic heterocycles. The first kappa shape index (κ1) is 16.4. The number of para-hydroxylation sites is 1. The second-order valence-electron chi connectivity index (χ2n) is 5.14. The number of rotatable bonds is 6. The Morgan fingerprint density at radius 1 is 1.17 bits per heavy atom. The fourth-order valence-electron chi connectivity index (χ4n) is 2.46. The normalized spacial score (nSPS) is 12.1. The molecule has 2 aromatic carbocycles. The van der Waals surface area contributed by atoms with Gasteiger partial charge in [-0.05, 0) is 24.3 Å². The third-order valence-electron chi connectivity index (χ3n) is 3.73. The maximum Gasteiger partial charge on any atom is 0.251 e. The molecule has 0 unspecified atom stereocenters. The van der Waals surface area contributed by atoms with E-state index in [1.807, 2.05) is 24.3 Å². The average Bonchev–Trinajstić information content (AvgIpc) is 3.10. The minimum atomic E-state index is -0.297. The smallest absolute Gasteiger partial charge is 0.251 e. The van der Waals surface area contributed by atoms with Gasteiger partial charge >= 0.3 is 0 Å². The van der Waals surface area contributed by atoms with Crippen molar-refractivity contribution in [1.82, 2.24) is 14.1 Å². The summed E-state index contributed by atoms with van der Waals surface area (Å²) in [4.78, 5) is 12.4. The molecule has 24 heavy (non-hydrogen) atoms. The van der Waals surface area contributed by atoms with Gasteiger partial charge in [0.15, 0.2) is 0 Å². The number of benzene rings is 2. The number of fused-ring (bicyclic) bond motifs is 1. The number of aromatic nitrogens is 2. The molecule has 1 aromatic heterocycles. The van der Waals surface area contributed by atoms with Gasteiger partial charge < -0.3 is 14.8 Å². The van der Waals surface area contributed by atoms with E-state index in [0.717, 1.165) is 34.1 Å². The van der Waals surface area contributed by atoms with Crippen LogP contribution in [0.2, 0.25) is 0 Å². The van der Waals surface area contributed by atoms with E-state index >= 15 is 0 Å². The van der Waals surface area contributed by atoms with Crippen molar-refractivity contribution in [2.45, 2.75) is 6.10 Å². The van der Waals surface area contributed by atoms with Crippen LogP contribution in [0.1, 0.15) is 22.0 Å². The van der Waals surface area contributed by atoms with Crippen molar-refractivity contribution in [3.8, 4) is 5.75 Å². The van der Waals surface area contributed by atoms with Gasteiger partial charge in [-0.1, -0.05) is 18.2 Å². The third-order valence-corrected chi connectivity index (χ3v) is 4.29. The van der Waals surface area contributed by atoms with Crippen LogP contribution in [0.4, 0.5) is 0 Å². The monoisotopic (exact) mass is 343 g/mol. The van der Waals surface area contributed by atoms with Gasteiger partial charge in [-0.15, -0.1) is 0 Å². The van der Waals surface area contributed by atoms with Gasteiger partial charge in [-0.3, -0.25) is 4.79 Å². The molecule has 7 heteroatoms. The van der Waals surface area contributed by atoms with Crippen molar-refractivity contribution in [1.29, 1.82) is 0 Å². The van der Waals surface area contributed by atoms with Crippen LogP contribution in [-0.2, 0) is 4.74 Å². The largest absolute Gasteiger partial charge is 0.496 e. The van der Waals surface area contributed by atoms with Gasteiger partial charge in [-0.25, -0.2) is 0 Å². The van der Waals surface area contributed by atoms with Gasteiger partial charge in [0, 0.05) is 24.8 Å². The van der Waals surface area contributed by atoms with Crippen LogP contribution in [0, 0.1) is 0 Å². The summed E-state index contributed by atoms with van der Waals surface area (Å²) in [5.74, 6) is 0.551. The molecule has 0 bridgehead atoms. The first-order valence-corrected chi connectivity index (χ1v) is 8.12. The van der Waals surface area contributed by atoms with E-state index in [1.54, 1.807) is 32.4 Å². The van der Waals surface area contributed by atoms with E-state index in [4.69, 9.17) is 9.47 Å². The predicted octanol–water partition coefficient (Wildman–Crippen LogP) is 2.82.